The van der Waals surface area contributed by atoms with Gasteiger partial charge in [0.05, 0.1) is 19.8 Å². The molecule has 0 unspecified atom stereocenters. The third kappa shape index (κ3) is 4.21. The number of phenols is 1. The molecule has 0 bridgehead atoms. The van der Waals surface area contributed by atoms with Crippen molar-refractivity contribution in [1.82, 2.24) is 0 Å². The van der Waals surface area contributed by atoms with E-state index in [0.717, 1.165) is 12.0 Å². The third-order valence-electron chi connectivity index (χ3n) is 6.48. The van der Waals surface area contributed by atoms with E-state index in [-0.39, 0.29) is 33.3 Å². The lowest BCUT2D eigenvalue weighted by Gasteiger charge is -2.32. The fourth-order valence-corrected chi connectivity index (χ4v) is 4.51. The summed E-state index contributed by atoms with van der Waals surface area (Å²) in [6, 6.07) is 14.8. The summed E-state index contributed by atoms with van der Waals surface area (Å²) in [6.07, 6.45) is 2.68. The first-order chi connectivity index (χ1) is 17.3. The molecule has 186 valence electrons. The van der Waals surface area contributed by atoms with Crippen LogP contribution < -0.4 is 24.4 Å². The van der Waals surface area contributed by atoms with Gasteiger partial charge in [-0.05, 0) is 38.3 Å². The van der Waals surface area contributed by atoms with Gasteiger partial charge in [0.25, 0.3) is 0 Å². The molecule has 0 aliphatic carbocycles. The fraction of sp³-hybridized carbons (Fsp3) is 0.276. The summed E-state index contributed by atoms with van der Waals surface area (Å²) in [7, 11) is 3.05. The van der Waals surface area contributed by atoms with Crippen molar-refractivity contribution in [2.24, 2.45) is 0 Å². The summed E-state index contributed by atoms with van der Waals surface area (Å²) >= 11 is 0. The smallest absolute Gasteiger partial charge is 0.204 e. The van der Waals surface area contributed by atoms with Crippen molar-refractivity contribution in [3.63, 3.8) is 0 Å². The van der Waals surface area contributed by atoms with Gasteiger partial charge in [-0.3, -0.25) is 4.79 Å². The Labute approximate surface area is 208 Å². The molecule has 1 N–H and O–H groups in total. The quantitative estimate of drug-likeness (QED) is 0.363. The van der Waals surface area contributed by atoms with E-state index in [9.17, 15) is 9.90 Å². The molecule has 3 aromatic carbocycles. The molecule has 5 rings (SSSR count). The predicted octanol–water partition coefficient (Wildman–Crippen LogP) is 5.87. The first kappa shape index (κ1) is 23.6. The Morgan fingerprint density at radius 3 is 2.44 bits per heavy atom. The van der Waals surface area contributed by atoms with Crippen LogP contribution in [0.1, 0.15) is 31.4 Å². The van der Waals surface area contributed by atoms with Crippen LogP contribution >= 0.6 is 0 Å². The van der Waals surface area contributed by atoms with Gasteiger partial charge in [0.15, 0.2) is 11.5 Å². The number of ether oxygens (including phenoxy) is 4. The molecule has 0 atom stereocenters. The molecule has 0 amide bonds. The molecule has 0 saturated carbocycles. The van der Waals surface area contributed by atoms with Gasteiger partial charge in [-0.2, -0.15) is 0 Å². The second-order valence-corrected chi connectivity index (χ2v) is 9.39. The number of rotatable bonds is 6. The van der Waals surface area contributed by atoms with Crippen molar-refractivity contribution in [3.8, 4) is 39.9 Å². The van der Waals surface area contributed by atoms with E-state index in [1.807, 2.05) is 44.2 Å². The van der Waals surface area contributed by atoms with Crippen molar-refractivity contribution in [1.29, 1.82) is 0 Å². The van der Waals surface area contributed by atoms with Crippen LogP contribution in [-0.4, -0.2) is 24.9 Å². The van der Waals surface area contributed by atoms with Gasteiger partial charge in [-0.15, -0.1) is 0 Å². The van der Waals surface area contributed by atoms with Gasteiger partial charge in [0.1, 0.15) is 46.7 Å². The Morgan fingerprint density at radius 2 is 1.72 bits per heavy atom. The summed E-state index contributed by atoms with van der Waals surface area (Å²) in [5, 5.41) is 11.2. The molecule has 0 fully saturated rings. The van der Waals surface area contributed by atoms with E-state index in [4.69, 9.17) is 23.4 Å². The molecular weight excluding hydrogens is 460 g/mol. The highest BCUT2D eigenvalue weighted by Crippen LogP contribution is 2.44. The van der Waals surface area contributed by atoms with Crippen molar-refractivity contribution in [3.05, 3.63) is 76.1 Å². The Balaban J connectivity index is 1.59. The SMILES string of the molecule is COc1cc(-c2coc3cc4c(c(O)c3c2=O)CCC(C)(C)O4)c(OC)cc1OCc1ccccc1. The lowest BCUT2D eigenvalue weighted by molar-refractivity contribution is 0.0839. The van der Waals surface area contributed by atoms with E-state index in [1.54, 1.807) is 18.2 Å². The highest BCUT2D eigenvalue weighted by molar-refractivity contribution is 5.91. The number of aromatic hydroxyl groups is 1. The number of fused-ring (bicyclic) bond motifs is 2. The minimum atomic E-state index is -0.375. The average molecular weight is 489 g/mol. The van der Waals surface area contributed by atoms with E-state index in [0.29, 0.717) is 47.2 Å². The van der Waals surface area contributed by atoms with Gasteiger partial charge >= 0.3 is 0 Å². The van der Waals surface area contributed by atoms with Crippen molar-refractivity contribution in [2.75, 3.05) is 14.2 Å². The Kier molecular flexibility index (Phi) is 6.00. The maximum absolute atomic E-state index is 13.6. The number of methoxy groups -OCH3 is 2. The number of hydrogen-bond donors (Lipinski definition) is 1. The monoisotopic (exact) mass is 488 g/mol. The Morgan fingerprint density at radius 1 is 0.972 bits per heavy atom. The zero-order valence-corrected chi connectivity index (χ0v) is 20.7. The van der Waals surface area contributed by atoms with Gasteiger partial charge in [-0.1, -0.05) is 30.3 Å². The molecule has 7 nitrogen and oxygen atoms in total. The molecule has 7 heteroatoms. The van der Waals surface area contributed by atoms with Crippen LogP contribution in [0.5, 0.6) is 28.7 Å². The van der Waals surface area contributed by atoms with Crippen LogP contribution in [0.3, 0.4) is 0 Å². The molecule has 4 aromatic rings. The van der Waals surface area contributed by atoms with Crippen molar-refractivity contribution < 1.29 is 28.5 Å². The van der Waals surface area contributed by atoms with Crippen molar-refractivity contribution >= 4 is 11.0 Å². The minimum Gasteiger partial charge on any atom is -0.507 e. The predicted molar refractivity (Wildman–Crippen MR) is 136 cm³/mol. The van der Waals surface area contributed by atoms with Gasteiger partial charge in [0, 0.05) is 23.3 Å². The average Bonchev–Trinajstić information content (AvgIpc) is 2.87. The molecule has 1 aliphatic rings. The summed E-state index contributed by atoms with van der Waals surface area (Å²) in [5.74, 6) is 1.75. The van der Waals surface area contributed by atoms with Crippen LogP contribution in [0.25, 0.3) is 22.1 Å². The van der Waals surface area contributed by atoms with Crippen LogP contribution in [0.4, 0.5) is 0 Å². The zero-order valence-electron chi connectivity index (χ0n) is 20.7. The third-order valence-corrected chi connectivity index (χ3v) is 6.48. The lowest BCUT2D eigenvalue weighted by Crippen LogP contribution is -2.32. The van der Waals surface area contributed by atoms with Crippen LogP contribution in [0, 0.1) is 0 Å². The molecule has 2 heterocycles. The van der Waals surface area contributed by atoms with Gasteiger partial charge in [0.2, 0.25) is 5.43 Å². The molecule has 36 heavy (non-hydrogen) atoms. The Bertz CT molecular complexity index is 1490. The summed E-state index contributed by atoms with van der Waals surface area (Å²) < 4.78 is 29.0. The molecule has 0 spiro atoms. The van der Waals surface area contributed by atoms with Crippen LogP contribution in [0.15, 0.2) is 64.0 Å². The van der Waals surface area contributed by atoms with Crippen LogP contribution in [-0.2, 0) is 13.0 Å². The fourth-order valence-electron chi connectivity index (χ4n) is 4.51. The van der Waals surface area contributed by atoms with Gasteiger partial charge < -0.3 is 28.5 Å². The standard InChI is InChI=1S/C29H28O7/c1-29(2)11-10-18-22(36-29)14-25-26(27(18)30)28(31)20(16-35-25)19-12-23(33-4)24(13-21(19)32-3)34-15-17-8-6-5-7-9-17/h5-9,12-14,16,30H,10-11,15H2,1-4H3. The number of hydrogen-bond acceptors (Lipinski definition) is 7. The maximum Gasteiger partial charge on any atom is 0.204 e. The second kappa shape index (κ2) is 9.15. The molecular formula is C29H28O7. The number of phenolic OH excluding ortho intramolecular Hbond substituents is 1. The van der Waals surface area contributed by atoms with E-state index in [2.05, 4.69) is 0 Å². The first-order valence-electron chi connectivity index (χ1n) is 11.7. The molecule has 1 aliphatic heterocycles. The molecule has 0 saturated heterocycles. The van der Waals surface area contributed by atoms with E-state index >= 15 is 0 Å². The Hall–Kier alpha value is -4.13. The zero-order chi connectivity index (χ0) is 25.4. The van der Waals surface area contributed by atoms with Gasteiger partial charge in [-0.25, -0.2) is 0 Å². The summed E-state index contributed by atoms with van der Waals surface area (Å²) in [6.45, 7) is 4.32. The highest BCUT2D eigenvalue weighted by Gasteiger charge is 2.31. The lowest BCUT2D eigenvalue weighted by atomic mass is 9.92. The largest absolute Gasteiger partial charge is 0.507 e. The first-order valence-corrected chi connectivity index (χ1v) is 11.7. The normalized spacial score (nSPS) is 14.1. The second-order valence-electron chi connectivity index (χ2n) is 9.39. The maximum atomic E-state index is 13.6. The molecule has 1 aromatic heterocycles. The van der Waals surface area contributed by atoms with E-state index < -0.39 is 0 Å². The van der Waals surface area contributed by atoms with E-state index in [1.165, 1.54) is 20.5 Å². The highest BCUT2D eigenvalue weighted by atomic mass is 16.5. The van der Waals surface area contributed by atoms with Crippen LogP contribution in [0.2, 0.25) is 0 Å². The minimum absolute atomic E-state index is 0.109. The van der Waals surface area contributed by atoms with Crippen molar-refractivity contribution in [2.45, 2.75) is 38.9 Å². The summed E-state index contributed by atoms with van der Waals surface area (Å²) in [4.78, 5) is 13.6. The molecule has 0 radical (unpaired) electrons. The summed E-state index contributed by atoms with van der Waals surface area (Å²) in [5.41, 5.74) is 1.84. The topological polar surface area (TPSA) is 87.4 Å². The number of benzene rings is 3.